The summed E-state index contributed by atoms with van der Waals surface area (Å²) >= 11 is 4.01. The van der Waals surface area contributed by atoms with Gasteiger partial charge in [-0.25, -0.2) is 9.97 Å². The number of benzene rings is 3. The first kappa shape index (κ1) is 55.8. The Morgan fingerprint density at radius 3 is 1.38 bits per heavy atom. The molecule has 0 aliphatic rings. The monoisotopic (exact) mass is 1010 g/mol. The Morgan fingerprint density at radius 1 is 0.500 bits per heavy atom. The van der Waals surface area contributed by atoms with E-state index in [1.807, 2.05) is 36.1 Å². The molecule has 3 heterocycles. The van der Waals surface area contributed by atoms with E-state index in [9.17, 15) is 39.5 Å². The number of anilines is 4. The second kappa shape index (κ2) is 28.0. The van der Waals surface area contributed by atoms with Crippen molar-refractivity contribution in [1.29, 1.82) is 0 Å². The van der Waals surface area contributed by atoms with Crippen LogP contribution in [0.15, 0.2) is 88.3 Å². The summed E-state index contributed by atoms with van der Waals surface area (Å²) in [5.74, 6) is -0.359. The third-order valence-electron chi connectivity index (χ3n) is 10.1. The molecule has 0 atom stereocenters. The number of hydrogen-bond donors (Lipinski definition) is 2. The van der Waals surface area contributed by atoms with Gasteiger partial charge in [-0.1, -0.05) is 110 Å². The largest absolute Gasteiger partial charge is 0.493 e. The predicted molar refractivity (Wildman–Crippen MR) is 261 cm³/mol. The van der Waals surface area contributed by atoms with Gasteiger partial charge >= 0.3 is 18.5 Å². The fourth-order valence-electron chi connectivity index (χ4n) is 6.66. The zero-order valence-corrected chi connectivity index (χ0v) is 41.1. The van der Waals surface area contributed by atoms with Crippen LogP contribution < -0.4 is 20.1 Å². The average molecular weight is 1020 g/mol. The van der Waals surface area contributed by atoms with Gasteiger partial charge in [-0.05, 0) is 72.8 Å². The summed E-state index contributed by atoms with van der Waals surface area (Å²) in [7, 11) is 0. The van der Waals surface area contributed by atoms with Crippen molar-refractivity contribution < 1.29 is 49.0 Å². The molecule has 0 fully saturated rings. The summed E-state index contributed by atoms with van der Waals surface area (Å²) in [6.45, 7) is 8.79. The van der Waals surface area contributed by atoms with Gasteiger partial charge in [0.2, 0.25) is 0 Å². The van der Waals surface area contributed by atoms with E-state index in [4.69, 9.17) is 9.47 Å². The Labute approximate surface area is 405 Å². The van der Waals surface area contributed by atoms with Crippen molar-refractivity contribution in [2.24, 2.45) is 0 Å². The van der Waals surface area contributed by atoms with Crippen LogP contribution in [-0.2, 0) is 18.5 Å². The summed E-state index contributed by atoms with van der Waals surface area (Å²) < 4.78 is 132. The van der Waals surface area contributed by atoms with Crippen molar-refractivity contribution in [2.75, 3.05) is 23.8 Å². The second-order valence-electron chi connectivity index (χ2n) is 15.4. The highest BCUT2D eigenvalue weighted by atomic mass is 32.1. The Balaban J connectivity index is 0.000000290. The van der Waals surface area contributed by atoms with Crippen LogP contribution in [0.1, 0.15) is 128 Å². The van der Waals surface area contributed by atoms with Crippen LogP contribution in [-0.4, -0.2) is 23.2 Å². The van der Waals surface area contributed by atoms with Gasteiger partial charge in [0, 0.05) is 38.6 Å². The molecule has 18 heteroatoms. The number of nitrogens with one attached hydrogen (secondary N) is 2. The average Bonchev–Trinajstić information content (AvgIpc) is 4.12. The molecule has 0 bridgehead atoms. The number of unbranched alkanes of at least 4 members (excludes halogenated alkanes) is 11. The minimum absolute atomic E-state index is 0.125. The Hall–Kier alpha value is -4.81. The number of aromatic nitrogens is 2. The van der Waals surface area contributed by atoms with Gasteiger partial charge in [0.1, 0.15) is 11.5 Å². The number of thiophene rings is 1. The number of thiazole rings is 2. The summed E-state index contributed by atoms with van der Waals surface area (Å²) in [5, 5.41) is 14.0. The molecule has 0 radical (unpaired) electrons. The van der Waals surface area contributed by atoms with E-state index >= 15 is 0 Å². The predicted octanol–water partition coefficient (Wildman–Crippen LogP) is 19.1. The molecular weight excluding hydrogens is 956 g/mol. The van der Waals surface area contributed by atoms with Gasteiger partial charge in [0.05, 0.1) is 41.3 Å². The number of alkyl halides is 9. The first-order valence-electron chi connectivity index (χ1n) is 22.9. The van der Waals surface area contributed by atoms with Crippen LogP contribution in [0.25, 0.3) is 22.5 Å². The molecule has 0 spiro atoms. The first-order chi connectivity index (χ1) is 32.5. The number of hydrogen-bond acceptors (Lipinski definition) is 9. The van der Waals surface area contributed by atoms with Gasteiger partial charge < -0.3 is 20.1 Å². The number of ether oxygens (including phenoxy) is 2. The summed E-state index contributed by atoms with van der Waals surface area (Å²) in [6.07, 6.45) is 0.0253. The quantitative estimate of drug-likeness (QED) is 0.0492. The topological polar surface area (TPSA) is 68.3 Å². The first-order valence-corrected chi connectivity index (χ1v) is 25.6. The van der Waals surface area contributed by atoms with Crippen molar-refractivity contribution in [2.45, 2.75) is 130 Å². The molecule has 0 saturated carbocycles. The molecule has 2 N–H and O–H groups in total. The highest BCUT2D eigenvalue weighted by Gasteiger charge is 2.36. The highest BCUT2D eigenvalue weighted by Crippen LogP contribution is 2.41. The van der Waals surface area contributed by atoms with E-state index in [1.165, 1.54) is 67.4 Å². The Morgan fingerprint density at radius 2 is 0.956 bits per heavy atom. The second-order valence-corrected chi connectivity index (χ2v) is 17.9. The van der Waals surface area contributed by atoms with Crippen LogP contribution in [0.2, 0.25) is 0 Å². The third kappa shape index (κ3) is 18.6. The summed E-state index contributed by atoms with van der Waals surface area (Å²) in [6, 6.07) is 14.4. The smallest absolute Gasteiger partial charge is 0.420 e. The zero-order chi connectivity index (χ0) is 49.6. The highest BCUT2D eigenvalue weighted by molar-refractivity contribution is 7.14. The van der Waals surface area contributed by atoms with E-state index in [0.717, 1.165) is 98.2 Å². The van der Waals surface area contributed by atoms with Crippen molar-refractivity contribution in [3.05, 3.63) is 105 Å². The van der Waals surface area contributed by atoms with E-state index in [1.54, 1.807) is 22.8 Å². The molecule has 0 amide bonds. The molecule has 68 heavy (non-hydrogen) atoms. The fourth-order valence-corrected chi connectivity index (χ4v) is 8.78. The van der Waals surface area contributed by atoms with Crippen LogP contribution in [0.3, 0.4) is 0 Å². The number of nitrogens with zero attached hydrogens (tertiary/aromatic N) is 2. The molecule has 3 aromatic heterocycles. The van der Waals surface area contributed by atoms with Crippen LogP contribution >= 0.6 is 34.0 Å². The molecular formula is C50H59F9N4O2S3. The van der Waals surface area contributed by atoms with Gasteiger partial charge in [-0.3, -0.25) is 0 Å². The minimum atomic E-state index is -4.61. The standard InChI is InChI=1S/C26H28F6N2OS.C22H25F3N2OS2.C2H6/c1-2-3-4-5-6-7-8-14-35-23-13-12-20(16-21(23)26(30,31)32)33-24-34-22(17-36-24)18-10-9-11-19(15-18)25(27,28)29;1-2-3-4-5-6-7-11-28-20-9-8-17(13-18(20)22(23,24)25)26-21-27-19(15-30-21)16-10-12-29-14-16;1-2/h9-13,15-17H,2-8,14H2,1H3,(H,33,34);8-10,12-15H,2-7,11H2,1H3,(H,26,27);1-2H3. The van der Waals surface area contributed by atoms with Crippen LogP contribution in [0.4, 0.5) is 61.2 Å². The lowest BCUT2D eigenvalue weighted by Crippen LogP contribution is -2.10. The van der Waals surface area contributed by atoms with Crippen molar-refractivity contribution in [3.63, 3.8) is 0 Å². The van der Waals surface area contributed by atoms with E-state index in [-0.39, 0.29) is 34.5 Å². The lowest BCUT2D eigenvalue weighted by Gasteiger charge is -2.15. The van der Waals surface area contributed by atoms with Crippen LogP contribution in [0.5, 0.6) is 11.5 Å². The van der Waals surface area contributed by atoms with E-state index in [0.29, 0.717) is 29.5 Å². The SMILES string of the molecule is CC.CCCCCCCCCOc1ccc(Nc2nc(-c3cccc(C(F)(F)F)c3)cs2)cc1C(F)(F)F.CCCCCCCCOc1ccc(Nc2nc(-c3ccsc3)cs2)cc1C(F)(F)F. The van der Waals surface area contributed by atoms with Gasteiger partial charge in [-0.2, -0.15) is 50.9 Å². The lowest BCUT2D eigenvalue weighted by molar-refractivity contribution is -0.139. The normalized spacial score (nSPS) is 11.6. The molecule has 6 rings (SSSR count). The number of rotatable bonds is 23. The Bertz CT molecular complexity index is 2340. The van der Waals surface area contributed by atoms with E-state index < -0.39 is 35.2 Å². The summed E-state index contributed by atoms with van der Waals surface area (Å²) in [4.78, 5) is 8.69. The summed E-state index contributed by atoms with van der Waals surface area (Å²) in [5.41, 5.74) is 0.370. The van der Waals surface area contributed by atoms with E-state index in [2.05, 4.69) is 34.4 Å². The van der Waals surface area contributed by atoms with Gasteiger partial charge in [0.25, 0.3) is 0 Å². The fraction of sp³-hybridized carbons (Fsp3) is 0.440. The molecule has 0 aliphatic heterocycles. The molecule has 372 valence electrons. The zero-order valence-electron chi connectivity index (χ0n) is 38.6. The van der Waals surface area contributed by atoms with Crippen LogP contribution in [0, 0.1) is 0 Å². The van der Waals surface area contributed by atoms with Crippen molar-refractivity contribution >= 4 is 55.6 Å². The molecule has 6 nitrogen and oxygen atoms in total. The minimum Gasteiger partial charge on any atom is -0.493 e. The van der Waals surface area contributed by atoms with Gasteiger partial charge in [0.15, 0.2) is 10.3 Å². The maximum atomic E-state index is 13.7. The molecule has 0 aliphatic carbocycles. The van der Waals surface area contributed by atoms with Gasteiger partial charge in [-0.15, -0.1) is 22.7 Å². The number of halogens is 9. The van der Waals surface area contributed by atoms with Crippen molar-refractivity contribution in [1.82, 2.24) is 9.97 Å². The van der Waals surface area contributed by atoms with Crippen molar-refractivity contribution in [3.8, 4) is 34.0 Å². The molecule has 0 unspecified atom stereocenters. The molecule has 6 aromatic rings. The Kier molecular flexibility index (Phi) is 23.0. The maximum absolute atomic E-state index is 13.7. The molecule has 3 aromatic carbocycles. The lowest BCUT2D eigenvalue weighted by atomic mass is 10.1. The third-order valence-corrected chi connectivity index (χ3v) is 12.3. The maximum Gasteiger partial charge on any atom is 0.420 e. The molecule has 0 saturated heterocycles.